The summed E-state index contributed by atoms with van der Waals surface area (Å²) >= 11 is 0. The highest BCUT2D eigenvalue weighted by atomic mass is 16.1. The molecule has 1 atom stereocenters. The number of hydrogen-bond donors (Lipinski definition) is 0. The topological polar surface area (TPSA) is 17.1 Å². The highest BCUT2D eigenvalue weighted by molar-refractivity contribution is 5.94. The van der Waals surface area contributed by atoms with Crippen molar-refractivity contribution >= 4 is 5.78 Å². The fraction of sp³-hybridized carbons (Fsp3) is 0.700. The third-order valence-electron chi connectivity index (χ3n) is 3.09. The summed E-state index contributed by atoms with van der Waals surface area (Å²) in [6.45, 7) is 8.59. The van der Waals surface area contributed by atoms with Crippen LogP contribution in [0.1, 0.15) is 34.1 Å². The van der Waals surface area contributed by atoms with Crippen LogP contribution in [-0.4, -0.2) is 5.78 Å². The van der Waals surface area contributed by atoms with Crippen LogP contribution in [-0.2, 0) is 4.79 Å². The lowest BCUT2D eigenvalue weighted by Gasteiger charge is -2.29. The van der Waals surface area contributed by atoms with Gasteiger partial charge in [0, 0.05) is 6.42 Å². The number of hydrogen-bond acceptors (Lipinski definition) is 1. The van der Waals surface area contributed by atoms with Crippen LogP contribution in [0.2, 0.25) is 0 Å². The van der Waals surface area contributed by atoms with Gasteiger partial charge in [0.05, 0.1) is 0 Å². The maximum atomic E-state index is 11.1. The maximum absolute atomic E-state index is 11.1. The molecule has 0 aromatic carbocycles. The number of carbonyl (C=O) groups is 1. The molecule has 1 aliphatic carbocycles. The highest BCUT2D eigenvalue weighted by Crippen LogP contribution is 2.42. The Morgan fingerprint density at radius 3 is 2.27 bits per heavy atom. The van der Waals surface area contributed by atoms with Gasteiger partial charge in [0.15, 0.2) is 5.78 Å². The Labute approximate surface area is 68.5 Å². The van der Waals surface area contributed by atoms with Crippen molar-refractivity contribution < 1.29 is 4.79 Å². The number of rotatable bonds is 1. The molecule has 1 heteroatoms. The van der Waals surface area contributed by atoms with Crippen molar-refractivity contribution in [2.24, 2.45) is 11.3 Å². The van der Waals surface area contributed by atoms with Crippen LogP contribution in [0.4, 0.5) is 0 Å². The van der Waals surface area contributed by atoms with Crippen LogP contribution in [0, 0.1) is 11.3 Å². The Balaban J connectivity index is 2.92. The van der Waals surface area contributed by atoms with E-state index in [0.717, 1.165) is 0 Å². The largest absolute Gasteiger partial charge is 0.295 e. The van der Waals surface area contributed by atoms with Gasteiger partial charge >= 0.3 is 0 Å². The Morgan fingerprint density at radius 2 is 2.09 bits per heavy atom. The zero-order chi connectivity index (χ0) is 8.65. The normalized spacial score (nSPS) is 31.4. The maximum Gasteiger partial charge on any atom is 0.156 e. The van der Waals surface area contributed by atoms with Gasteiger partial charge in [0.25, 0.3) is 0 Å². The molecule has 0 aliphatic heterocycles. The molecule has 0 saturated heterocycles. The monoisotopic (exact) mass is 152 g/mol. The van der Waals surface area contributed by atoms with Crippen LogP contribution in [0.15, 0.2) is 11.6 Å². The highest BCUT2D eigenvalue weighted by Gasteiger charge is 2.36. The van der Waals surface area contributed by atoms with Crippen LogP contribution >= 0.6 is 0 Å². The lowest BCUT2D eigenvalue weighted by molar-refractivity contribution is -0.115. The van der Waals surface area contributed by atoms with E-state index in [4.69, 9.17) is 0 Å². The Hall–Kier alpha value is -0.590. The number of ketones is 1. The molecule has 1 nitrogen and oxygen atoms in total. The Bertz CT molecular complexity index is 213. The van der Waals surface area contributed by atoms with E-state index in [-0.39, 0.29) is 5.41 Å². The van der Waals surface area contributed by atoms with E-state index in [1.807, 2.05) is 0 Å². The molecule has 0 radical (unpaired) electrons. The van der Waals surface area contributed by atoms with Gasteiger partial charge in [-0.3, -0.25) is 4.79 Å². The van der Waals surface area contributed by atoms with E-state index in [1.54, 1.807) is 6.08 Å². The first-order chi connectivity index (χ1) is 4.97. The number of allylic oxidation sites excluding steroid dienone is 2. The summed E-state index contributed by atoms with van der Waals surface area (Å²) in [5, 5.41) is 0. The Morgan fingerprint density at radius 1 is 1.55 bits per heavy atom. The second kappa shape index (κ2) is 2.47. The second-order valence-corrected chi connectivity index (χ2v) is 4.04. The van der Waals surface area contributed by atoms with Gasteiger partial charge < -0.3 is 0 Å². The quantitative estimate of drug-likeness (QED) is 0.564. The van der Waals surface area contributed by atoms with Crippen molar-refractivity contribution in [2.75, 3.05) is 0 Å². The molecule has 0 fully saturated rings. The van der Waals surface area contributed by atoms with Gasteiger partial charge in [-0.1, -0.05) is 26.3 Å². The van der Waals surface area contributed by atoms with Crippen molar-refractivity contribution in [1.82, 2.24) is 0 Å². The fourth-order valence-electron chi connectivity index (χ4n) is 1.62. The summed E-state index contributed by atoms with van der Waals surface area (Å²) in [6.07, 6.45) is 2.50. The van der Waals surface area contributed by atoms with E-state index in [9.17, 15) is 4.79 Å². The molecule has 0 heterocycles. The Kier molecular flexibility index (Phi) is 1.91. The first-order valence-electron chi connectivity index (χ1n) is 4.18. The standard InChI is InChI=1S/C10H16O/c1-7(2)10(4)6-9(11)5-8(10)3/h5,7H,6H2,1-4H3. The molecule has 62 valence electrons. The molecule has 1 unspecified atom stereocenters. The van der Waals surface area contributed by atoms with Gasteiger partial charge in [0.2, 0.25) is 0 Å². The predicted octanol–water partition coefficient (Wildman–Crippen LogP) is 2.57. The smallest absolute Gasteiger partial charge is 0.156 e. The zero-order valence-corrected chi connectivity index (χ0v) is 7.77. The molecular formula is C10H16O. The minimum absolute atomic E-state index is 0.136. The van der Waals surface area contributed by atoms with Gasteiger partial charge in [-0.2, -0.15) is 0 Å². The summed E-state index contributed by atoms with van der Waals surface area (Å²) in [5.74, 6) is 0.851. The average Bonchev–Trinajstić information content (AvgIpc) is 2.08. The molecule has 0 bridgehead atoms. The minimum Gasteiger partial charge on any atom is -0.295 e. The predicted molar refractivity (Wildman–Crippen MR) is 46.3 cm³/mol. The van der Waals surface area contributed by atoms with Gasteiger partial charge in [-0.25, -0.2) is 0 Å². The summed E-state index contributed by atoms with van der Waals surface area (Å²) < 4.78 is 0. The van der Waals surface area contributed by atoms with Crippen LogP contribution in [0.5, 0.6) is 0 Å². The summed E-state index contributed by atoms with van der Waals surface area (Å²) in [4.78, 5) is 11.1. The van der Waals surface area contributed by atoms with E-state index in [1.165, 1.54) is 5.57 Å². The van der Waals surface area contributed by atoms with Crippen molar-refractivity contribution in [3.8, 4) is 0 Å². The van der Waals surface area contributed by atoms with Gasteiger partial charge in [0.1, 0.15) is 0 Å². The first kappa shape index (κ1) is 8.51. The zero-order valence-electron chi connectivity index (χ0n) is 7.77. The second-order valence-electron chi connectivity index (χ2n) is 4.04. The lowest BCUT2D eigenvalue weighted by Crippen LogP contribution is -2.22. The van der Waals surface area contributed by atoms with Crippen molar-refractivity contribution in [1.29, 1.82) is 0 Å². The molecule has 0 spiro atoms. The van der Waals surface area contributed by atoms with Crippen molar-refractivity contribution in [3.05, 3.63) is 11.6 Å². The summed E-state index contributed by atoms with van der Waals surface area (Å²) in [6, 6.07) is 0. The molecular weight excluding hydrogens is 136 g/mol. The molecule has 1 aliphatic rings. The van der Waals surface area contributed by atoms with E-state index >= 15 is 0 Å². The minimum atomic E-state index is 0.136. The SMILES string of the molecule is CC1=CC(=O)CC1(C)C(C)C. The van der Waals surface area contributed by atoms with E-state index < -0.39 is 0 Å². The van der Waals surface area contributed by atoms with Gasteiger partial charge in [-0.15, -0.1) is 0 Å². The molecule has 11 heavy (non-hydrogen) atoms. The average molecular weight is 152 g/mol. The van der Waals surface area contributed by atoms with E-state index in [0.29, 0.717) is 18.1 Å². The molecule has 1 rings (SSSR count). The third kappa shape index (κ3) is 1.24. The van der Waals surface area contributed by atoms with Crippen LogP contribution in [0.3, 0.4) is 0 Å². The number of carbonyl (C=O) groups excluding carboxylic acids is 1. The molecule has 0 aromatic heterocycles. The van der Waals surface area contributed by atoms with Crippen LogP contribution in [0.25, 0.3) is 0 Å². The molecule has 0 amide bonds. The molecule has 0 aromatic rings. The third-order valence-corrected chi connectivity index (χ3v) is 3.09. The van der Waals surface area contributed by atoms with Gasteiger partial charge in [-0.05, 0) is 24.3 Å². The summed E-state index contributed by atoms with van der Waals surface area (Å²) in [5.41, 5.74) is 1.38. The van der Waals surface area contributed by atoms with Crippen molar-refractivity contribution in [3.63, 3.8) is 0 Å². The van der Waals surface area contributed by atoms with E-state index in [2.05, 4.69) is 27.7 Å². The van der Waals surface area contributed by atoms with Crippen LogP contribution < -0.4 is 0 Å². The summed E-state index contributed by atoms with van der Waals surface area (Å²) in [7, 11) is 0. The fourth-order valence-corrected chi connectivity index (χ4v) is 1.62. The first-order valence-corrected chi connectivity index (χ1v) is 4.18. The van der Waals surface area contributed by atoms with Crippen molar-refractivity contribution in [2.45, 2.75) is 34.1 Å². The molecule has 0 saturated carbocycles. The lowest BCUT2D eigenvalue weighted by atomic mass is 9.74. The molecule has 0 N–H and O–H groups in total.